The van der Waals surface area contributed by atoms with Gasteiger partial charge >= 0.3 is 0 Å². The second-order valence-corrected chi connectivity index (χ2v) is 9.49. The molecule has 2 aliphatic rings. The van der Waals surface area contributed by atoms with Gasteiger partial charge in [0, 0.05) is 47.4 Å². The average molecular weight is 462 g/mol. The molecule has 2 amide bonds. The summed E-state index contributed by atoms with van der Waals surface area (Å²) in [6, 6.07) is 13.3. The van der Waals surface area contributed by atoms with E-state index in [-0.39, 0.29) is 11.8 Å². The molecule has 0 spiro atoms. The lowest BCUT2D eigenvalue weighted by Gasteiger charge is -2.28. The summed E-state index contributed by atoms with van der Waals surface area (Å²) >= 11 is 1.65. The predicted octanol–water partition coefficient (Wildman–Crippen LogP) is 3.54. The molecular weight excluding hydrogens is 434 g/mol. The highest BCUT2D eigenvalue weighted by Crippen LogP contribution is 2.33. The van der Waals surface area contributed by atoms with Crippen LogP contribution in [0.1, 0.15) is 50.6 Å². The largest absolute Gasteiger partial charge is 0.345 e. The fourth-order valence-corrected chi connectivity index (χ4v) is 4.62. The van der Waals surface area contributed by atoms with Crippen LogP contribution in [0.4, 0.5) is 0 Å². The third-order valence-electron chi connectivity index (χ3n) is 6.26. The van der Waals surface area contributed by atoms with Crippen molar-refractivity contribution in [3.63, 3.8) is 0 Å². The summed E-state index contributed by atoms with van der Waals surface area (Å²) in [7, 11) is 0. The lowest BCUT2D eigenvalue weighted by atomic mass is 10.0. The molecule has 1 fully saturated rings. The third-order valence-corrected chi connectivity index (χ3v) is 7.00. The highest BCUT2D eigenvalue weighted by atomic mass is 32.2. The van der Waals surface area contributed by atoms with E-state index in [2.05, 4.69) is 10.3 Å². The normalized spacial score (nSPS) is 15.2. The van der Waals surface area contributed by atoms with E-state index in [1.54, 1.807) is 18.0 Å². The third kappa shape index (κ3) is 4.80. The van der Waals surface area contributed by atoms with E-state index in [0.29, 0.717) is 43.2 Å². The number of nitrogens with zero attached hydrogens (tertiary/aromatic N) is 4. The Hall–Kier alpha value is -3.13. The number of carbonyl (C=O) groups excluding carboxylic acids is 2. The van der Waals surface area contributed by atoms with E-state index < -0.39 is 0 Å². The SMILES string of the molecule is CSc1ccc(C(=O)N2CCc3c(c(C(=O)NCc4ccccn4)nn3CC3CC3)C2)cc1. The molecular formula is C25H27N5O2S. The maximum absolute atomic E-state index is 13.2. The number of benzene rings is 1. The Balaban J connectivity index is 1.37. The zero-order valence-corrected chi connectivity index (χ0v) is 19.5. The first-order chi connectivity index (χ1) is 16.1. The van der Waals surface area contributed by atoms with Crippen LogP contribution in [0, 0.1) is 5.92 Å². The minimum absolute atomic E-state index is 0.0110. The molecule has 3 heterocycles. The molecule has 1 aliphatic heterocycles. The number of hydrogen-bond donors (Lipinski definition) is 1. The van der Waals surface area contributed by atoms with E-state index in [4.69, 9.17) is 5.10 Å². The molecule has 5 rings (SSSR count). The molecule has 8 heteroatoms. The molecule has 2 aromatic heterocycles. The van der Waals surface area contributed by atoms with Gasteiger partial charge in [0.15, 0.2) is 5.69 Å². The van der Waals surface area contributed by atoms with Crippen molar-refractivity contribution in [2.75, 3.05) is 12.8 Å². The Morgan fingerprint density at radius 3 is 2.67 bits per heavy atom. The average Bonchev–Trinajstić information content (AvgIpc) is 3.62. The van der Waals surface area contributed by atoms with Gasteiger partial charge in [0.25, 0.3) is 11.8 Å². The number of carbonyl (C=O) groups is 2. The molecule has 1 N–H and O–H groups in total. The number of hydrogen-bond acceptors (Lipinski definition) is 5. The van der Waals surface area contributed by atoms with Crippen LogP contribution in [0.25, 0.3) is 0 Å². The summed E-state index contributed by atoms with van der Waals surface area (Å²) in [5, 5.41) is 7.67. The smallest absolute Gasteiger partial charge is 0.272 e. The van der Waals surface area contributed by atoms with Gasteiger partial charge in [-0.3, -0.25) is 19.3 Å². The Morgan fingerprint density at radius 1 is 1.15 bits per heavy atom. The zero-order valence-electron chi connectivity index (χ0n) is 18.7. The van der Waals surface area contributed by atoms with Crippen LogP contribution in [0.3, 0.4) is 0 Å². The van der Waals surface area contributed by atoms with Gasteiger partial charge in [-0.25, -0.2) is 0 Å². The van der Waals surface area contributed by atoms with E-state index in [1.807, 2.05) is 58.3 Å². The summed E-state index contributed by atoms with van der Waals surface area (Å²) in [5.74, 6) is 0.418. The van der Waals surface area contributed by atoms with Gasteiger partial charge in [0.05, 0.1) is 18.8 Å². The lowest BCUT2D eigenvalue weighted by molar-refractivity contribution is 0.0730. The van der Waals surface area contributed by atoms with Crippen molar-refractivity contribution >= 4 is 23.6 Å². The van der Waals surface area contributed by atoms with Gasteiger partial charge in [-0.05, 0) is 61.4 Å². The van der Waals surface area contributed by atoms with Crippen molar-refractivity contribution in [3.8, 4) is 0 Å². The quantitative estimate of drug-likeness (QED) is 0.545. The van der Waals surface area contributed by atoms with Gasteiger partial charge < -0.3 is 10.2 Å². The second kappa shape index (κ2) is 9.39. The first-order valence-corrected chi connectivity index (χ1v) is 12.5. The fraction of sp³-hybridized carbons (Fsp3) is 0.360. The van der Waals surface area contributed by atoms with Crippen LogP contribution in [0.5, 0.6) is 0 Å². The van der Waals surface area contributed by atoms with Crippen LogP contribution < -0.4 is 5.32 Å². The Morgan fingerprint density at radius 2 is 1.97 bits per heavy atom. The molecule has 7 nitrogen and oxygen atoms in total. The number of pyridine rings is 1. The predicted molar refractivity (Wildman–Crippen MR) is 127 cm³/mol. The molecule has 0 saturated heterocycles. The molecule has 0 radical (unpaired) electrons. The lowest BCUT2D eigenvalue weighted by Crippen LogP contribution is -2.37. The minimum atomic E-state index is -0.218. The Labute approximate surface area is 197 Å². The highest BCUT2D eigenvalue weighted by molar-refractivity contribution is 7.98. The molecule has 0 atom stereocenters. The van der Waals surface area contributed by atoms with Crippen molar-refractivity contribution in [1.29, 1.82) is 0 Å². The minimum Gasteiger partial charge on any atom is -0.345 e. The highest BCUT2D eigenvalue weighted by Gasteiger charge is 2.32. The molecule has 0 unspecified atom stereocenters. The van der Waals surface area contributed by atoms with Crippen LogP contribution in [0.15, 0.2) is 53.6 Å². The van der Waals surface area contributed by atoms with Crippen LogP contribution >= 0.6 is 11.8 Å². The topological polar surface area (TPSA) is 80.1 Å². The molecule has 1 aliphatic carbocycles. The summed E-state index contributed by atoms with van der Waals surface area (Å²) in [4.78, 5) is 33.5. The summed E-state index contributed by atoms with van der Waals surface area (Å²) in [6.07, 6.45) is 6.86. The van der Waals surface area contributed by atoms with Crippen molar-refractivity contribution in [2.24, 2.45) is 5.92 Å². The van der Waals surface area contributed by atoms with Crippen LogP contribution in [-0.2, 0) is 26.1 Å². The first-order valence-electron chi connectivity index (χ1n) is 11.3. The standard InChI is InChI=1S/C25H27N5O2S/c1-33-20-9-7-18(8-10-20)25(32)29-13-11-22-21(16-29)23(28-30(22)15-17-5-6-17)24(31)27-14-19-4-2-3-12-26-19/h2-4,7-10,12,17H,5-6,11,13-16H2,1H3,(H,27,31). The van der Waals surface area contributed by atoms with Gasteiger partial charge in [-0.15, -0.1) is 11.8 Å². The van der Waals surface area contributed by atoms with Crippen LogP contribution in [0.2, 0.25) is 0 Å². The van der Waals surface area contributed by atoms with Gasteiger partial charge in [-0.2, -0.15) is 5.10 Å². The maximum atomic E-state index is 13.2. The molecule has 3 aromatic rings. The fourth-order valence-electron chi connectivity index (χ4n) is 4.22. The van der Waals surface area contributed by atoms with E-state index >= 15 is 0 Å². The maximum Gasteiger partial charge on any atom is 0.272 e. The molecule has 1 aromatic carbocycles. The van der Waals surface area contributed by atoms with Crippen molar-refractivity contribution < 1.29 is 9.59 Å². The summed E-state index contributed by atoms with van der Waals surface area (Å²) in [6.45, 7) is 2.21. The number of fused-ring (bicyclic) bond motifs is 1. The van der Waals surface area contributed by atoms with Gasteiger partial charge in [0.1, 0.15) is 0 Å². The molecule has 1 saturated carbocycles. The number of thioether (sulfide) groups is 1. The number of aromatic nitrogens is 3. The summed E-state index contributed by atoms with van der Waals surface area (Å²) in [5.41, 5.74) is 3.85. The van der Waals surface area contributed by atoms with Crippen molar-refractivity contribution in [2.45, 2.75) is 43.8 Å². The first kappa shape index (κ1) is 21.7. The zero-order chi connectivity index (χ0) is 22.8. The number of nitrogens with one attached hydrogen (secondary N) is 1. The second-order valence-electron chi connectivity index (χ2n) is 8.61. The van der Waals surface area contributed by atoms with E-state index in [0.717, 1.165) is 28.4 Å². The van der Waals surface area contributed by atoms with Gasteiger partial charge in [-0.1, -0.05) is 6.07 Å². The number of rotatable bonds is 7. The van der Waals surface area contributed by atoms with Crippen molar-refractivity contribution in [3.05, 3.63) is 76.9 Å². The van der Waals surface area contributed by atoms with E-state index in [1.165, 1.54) is 12.8 Å². The molecule has 170 valence electrons. The Kier molecular flexibility index (Phi) is 6.17. The number of amides is 2. The van der Waals surface area contributed by atoms with Crippen LogP contribution in [-0.4, -0.2) is 44.3 Å². The Bertz CT molecular complexity index is 1160. The molecule has 0 bridgehead atoms. The van der Waals surface area contributed by atoms with E-state index in [9.17, 15) is 9.59 Å². The summed E-state index contributed by atoms with van der Waals surface area (Å²) < 4.78 is 2.01. The van der Waals surface area contributed by atoms with Crippen molar-refractivity contribution in [1.82, 2.24) is 25.0 Å². The monoisotopic (exact) mass is 461 g/mol. The van der Waals surface area contributed by atoms with Gasteiger partial charge in [0.2, 0.25) is 0 Å². The molecule has 33 heavy (non-hydrogen) atoms.